The fourth-order valence-electron chi connectivity index (χ4n) is 3.81. The summed E-state index contributed by atoms with van der Waals surface area (Å²) in [6, 6.07) is 14.3. The van der Waals surface area contributed by atoms with E-state index in [1.165, 1.54) is 0 Å². The molecule has 5 heteroatoms. The molecule has 0 N–H and O–H groups in total. The van der Waals surface area contributed by atoms with Crippen LogP contribution < -0.4 is 4.74 Å². The predicted octanol–water partition coefficient (Wildman–Crippen LogP) is 6.15. The van der Waals surface area contributed by atoms with Gasteiger partial charge in [-0.2, -0.15) is 5.26 Å². The number of rotatable bonds is 6. The van der Waals surface area contributed by atoms with Crippen molar-refractivity contribution >= 4 is 11.2 Å². The van der Waals surface area contributed by atoms with Crippen LogP contribution >= 0.6 is 0 Å². The Morgan fingerprint density at radius 2 is 1.61 bits per heavy atom. The quantitative estimate of drug-likeness (QED) is 0.486. The van der Waals surface area contributed by atoms with Gasteiger partial charge in [0.1, 0.15) is 17.5 Å². The first kappa shape index (κ1) is 20.7. The van der Waals surface area contributed by atoms with Crippen molar-refractivity contribution in [2.75, 3.05) is 0 Å². The number of nitriles is 1. The zero-order valence-corrected chi connectivity index (χ0v) is 18.4. The highest BCUT2D eigenvalue weighted by molar-refractivity contribution is 5.74. The molecule has 0 saturated carbocycles. The number of allylic oxidation sites excluding steroid dienone is 4. The lowest BCUT2D eigenvalue weighted by molar-refractivity contribution is 0.140. The van der Waals surface area contributed by atoms with E-state index < -0.39 is 0 Å². The fourth-order valence-corrected chi connectivity index (χ4v) is 3.81. The van der Waals surface area contributed by atoms with E-state index in [0.717, 1.165) is 52.4 Å². The van der Waals surface area contributed by atoms with Crippen molar-refractivity contribution < 1.29 is 9.47 Å². The summed E-state index contributed by atoms with van der Waals surface area (Å²) in [7, 11) is 0. The van der Waals surface area contributed by atoms with Crippen molar-refractivity contribution in [3.05, 3.63) is 71.9 Å². The summed E-state index contributed by atoms with van der Waals surface area (Å²) in [5.74, 6) is 1.84. The molecule has 0 bridgehead atoms. The zero-order valence-electron chi connectivity index (χ0n) is 18.4. The molecule has 1 aromatic carbocycles. The predicted molar refractivity (Wildman–Crippen MR) is 123 cm³/mol. The number of hydrogen-bond donors (Lipinski definition) is 0. The summed E-state index contributed by atoms with van der Waals surface area (Å²) in [4.78, 5) is 4.54. The van der Waals surface area contributed by atoms with Gasteiger partial charge in [-0.3, -0.25) is 4.40 Å². The van der Waals surface area contributed by atoms with E-state index >= 15 is 0 Å². The van der Waals surface area contributed by atoms with Crippen LogP contribution in [0.5, 0.6) is 5.75 Å². The second kappa shape index (κ2) is 8.69. The van der Waals surface area contributed by atoms with Crippen molar-refractivity contribution in [3.8, 4) is 22.9 Å². The Morgan fingerprint density at radius 1 is 0.903 bits per heavy atom. The first-order valence-electron chi connectivity index (χ1n) is 10.7. The van der Waals surface area contributed by atoms with Crippen molar-refractivity contribution in [2.24, 2.45) is 0 Å². The Bertz CT molecular complexity index is 1190. The summed E-state index contributed by atoms with van der Waals surface area (Å²) in [6.45, 7) is 8.09. The van der Waals surface area contributed by atoms with Crippen molar-refractivity contribution in [3.63, 3.8) is 0 Å². The summed E-state index contributed by atoms with van der Waals surface area (Å²) in [5, 5.41) is 9.70. The average molecular weight is 414 g/mol. The van der Waals surface area contributed by atoms with E-state index in [0.29, 0.717) is 5.69 Å². The van der Waals surface area contributed by atoms with Crippen molar-refractivity contribution in [2.45, 2.75) is 52.7 Å². The van der Waals surface area contributed by atoms with Gasteiger partial charge in [-0.25, -0.2) is 4.98 Å². The SMILES string of the molecule is CC(C)OC1=CC=C(c2c(C#N)nc3ccc(-c4ccc(OC(C)C)cc4)cn23)CC1. The van der Waals surface area contributed by atoms with Gasteiger partial charge >= 0.3 is 0 Å². The number of nitrogens with zero attached hydrogens (tertiary/aromatic N) is 3. The molecule has 0 aliphatic heterocycles. The molecule has 3 aromatic rings. The van der Waals surface area contributed by atoms with Gasteiger partial charge in [-0.05, 0) is 81.2 Å². The number of aromatic nitrogens is 2. The van der Waals surface area contributed by atoms with E-state index in [2.05, 4.69) is 35.5 Å². The fraction of sp³-hybridized carbons (Fsp3) is 0.308. The van der Waals surface area contributed by atoms with E-state index in [9.17, 15) is 5.26 Å². The van der Waals surface area contributed by atoms with Crippen LogP contribution in [-0.2, 0) is 4.74 Å². The molecule has 0 atom stereocenters. The molecule has 4 rings (SSSR count). The minimum Gasteiger partial charge on any atom is -0.495 e. The van der Waals surface area contributed by atoms with Gasteiger partial charge in [-0.15, -0.1) is 0 Å². The van der Waals surface area contributed by atoms with Crippen LogP contribution in [-0.4, -0.2) is 21.6 Å². The second-order valence-electron chi connectivity index (χ2n) is 8.25. The molecule has 2 aromatic heterocycles. The lowest BCUT2D eigenvalue weighted by Crippen LogP contribution is -2.06. The Balaban J connectivity index is 1.72. The van der Waals surface area contributed by atoms with Crippen LogP contribution in [0, 0.1) is 11.3 Å². The molecule has 1 aliphatic carbocycles. The Labute approximate surface area is 183 Å². The number of hydrogen-bond acceptors (Lipinski definition) is 4. The largest absolute Gasteiger partial charge is 0.495 e. The van der Waals surface area contributed by atoms with E-state index in [1.54, 1.807) is 0 Å². The lowest BCUT2D eigenvalue weighted by Gasteiger charge is -2.18. The number of fused-ring (bicyclic) bond motifs is 1. The third kappa shape index (κ3) is 4.49. The Morgan fingerprint density at radius 3 is 2.23 bits per heavy atom. The molecule has 0 radical (unpaired) electrons. The molecular weight excluding hydrogens is 386 g/mol. The highest BCUT2D eigenvalue weighted by Gasteiger charge is 2.19. The van der Waals surface area contributed by atoms with Gasteiger partial charge in [-0.1, -0.05) is 18.2 Å². The van der Waals surface area contributed by atoms with Crippen molar-refractivity contribution in [1.29, 1.82) is 5.26 Å². The summed E-state index contributed by atoms with van der Waals surface area (Å²) in [5.41, 5.74) is 5.32. The third-order valence-corrected chi connectivity index (χ3v) is 5.09. The Kier molecular flexibility index (Phi) is 5.81. The average Bonchev–Trinajstić information content (AvgIpc) is 3.12. The van der Waals surface area contributed by atoms with Gasteiger partial charge in [0.25, 0.3) is 0 Å². The summed E-state index contributed by atoms with van der Waals surface area (Å²) in [6.07, 6.45) is 8.05. The molecule has 0 amide bonds. The maximum atomic E-state index is 9.70. The molecule has 0 spiro atoms. The van der Waals surface area contributed by atoms with Gasteiger partial charge in [0, 0.05) is 12.6 Å². The molecular formula is C26H27N3O2. The van der Waals surface area contributed by atoms with Gasteiger partial charge in [0.15, 0.2) is 5.69 Å². The lowest BCUT2D eigenvalue weighted by atomic mass is 9.99. The minimum absolute atomic E-state index is 0.143. The molecule has 1 aliphatic rings. The normalized spacial score (nSPS) is 13.8. The van der Waals surface area contributed by atoms with Crippen LogP contribution in [0.15, 0.2) is 60.5 Å². The maximum Gasteiger partial charge on any atom is 0.167 e. The molecule has 0 saturated heterocycles. The van der Waals surface area contributed by atoms with Gasteiger partial charge < -0.3 is 9.47 Å². The van der Waals surface area contributed by atoms with Crippen LogP contribution in [0.2, 0.25) is 0 Å². The highest BCUT2D eigenvalue weighted by Crippen LogP contribution is 2.32. The number of ether oxygens (including phenoxy) is 2. The molecule has 2 heterocycles. The molecule has 5 nitrogen and oxygen atoms in total. The zero-order chi connectivity index (χ0) is 22.0. The number of imidazole rings is 1. The first-order chi connectivity index (χ1) is 14.9. The monoisotopic (exact) mass is 413 g/mol. The van der Waals surface area contributed by atoms with Crippen LogP contribution in [0.4, 0.5) is 0 Å². The smallest absolute Gasteiger partial charge is 0.167 e. The van der Waals surface area contributed by atoms with Crippen LogP contribution in [0.1, 0.15) is 51.9 Å². The molecule has 158 valence electrons. The maximum absolute atomic E-state index is 9.70. The van der Waals surface area contributed by atoms with Crippen LogP contribution in [0.25, 0.3) is 22.3 Å². The minimum atomic E-state index is 0.143. The standard InChI is InChI=1S/C26H27N3O2/c1-17(2)30-22-10-5-19(6-11-22)21-9-14-25-28-24(15-27)26(29(25)16-21)20-7-12-23(13-8-20)31-18(3)4/h5-7,9-12,14,16-18H,8,13H2,1-4H3. The van der Waals surface area contributed by atoms with Crippen molar-refractivity contribution in [1.82, 2.24) is 9.38 Å². The third-order valence-electron chi connectivity index (χ3n) is 5.09. The number of benzene rings is 1. The van der Waals surface area contributed by atoms with E-state index in [4.69, 9.17) is 9.47 Å². The Hall–Kier alpha value is -3.52. The molecule has 0 unspecified atom stereocenters. The topological polar surface area (TPSA) is 59.5 Å². The summed E-state index contributed by atoms with van der Waals surface area (Å²) < 4.78 is 13.6. The molecule has 31 heavy (non-hydrogen) atoms. The highest BCUT2D eigenvalue weighted by atomic mass is 16.5. The van der Waals surface area contributed by atoms with Gasteiger partial charge in [0.05, 0.1) is 23.7 Å². The second-order valence-corrected chi connectivity index (χ2v) is 8.25. The van der Waals surface area contributed by atoms with Crippen LogP contribution in [0.3, 0.4) is 0 Å². The number of pyridine rings is 1. The van der Waals surface area contributed by atoms with Gasteiger partial charge in [0.2, 0.25) is 0 Å². The summed E-state index contributed by atoms with van der Waals surface area (Å²) >= 11 is 0. The van der Waals surface area contributed by atoms with E-state index in [1.807, 2.05) is 62.4 Å². The molecule has 0 fully saturated rings. The first-order valence-corrected chi connectivity index (χ1v) is 10.7. The van der Waals surface area contributed by atoms with E-state index in [-0.39, 0.29) is 12.2 Å².